The minimum absolute atomic E-state index is 0.0307. The van der Waals surface area contributed by atoms with Gasteiger partial charge in [0.1, 0.15) is 4.32 Å². The van der Waals surface area contributed by atoms with Crippen molar-refractivity contribution in [3.05, 3.63) is 74.7 Å². The summed E-state index contributed by atoms with van der Waals surface area (Å²) in [5.74, 6) is -0.418. The second kappa shape index (κ2) is 10.2. The van der Waals surface area contributed by atoms with E-state index in [9.17, 15) is 19.7 Å². The zero-order valence-electron chi connectivity index (χ0n) is 16.7. The fourth-order valence-electron chi connectivity index (χ4n) is 2.78. The number of nitrogens with zero attached hydrogens (tertiary/aromatic N) is 2. The number of carbonyl (C=O) groups excluding carboxylic acids is 2. The Morgan fingerprint density at radius 3 is 2.52 bits per heavy atom. The van der Waals surface area contributed by atoms with E-state index in [1.165, 1.54) is 40.9 Å². The van der Waals surface area contributed by atoms with Crippen molar-refractivity contribution in [1.29, 1.82) is 0 Å². The number of non-ortho nitro benzene ring substituents is 1. The molecule has 0 spiro atoms. The highest BCUT2D eigenvalue weighted by atomic mass is 32.2. The fraction of sp³-hybridized carbons (Fsp3) is 0.190. The molecule has 2 aromatic rings. The van der Waals surface area contributed by atoms with Crippen molar-refractivity contribution in [2.75, 3.05) is 12.0 Å². The number of nitrogens with one attached hydrogen (secondary N) is 2. The molecule has 1 fully saturated rings. The lowest BCUT2D eigenvalue weighted by Crippen LogP contribution is -2.32. The molecule has 2 aromatic carbocycles. The largest absolute Gasteiger partial charge is 0.299 e. The maximum atomic E-state index is 12.6. The lowest BCUT2D eigenvalue weighted by atomic mass is 10.1. The van der Waals surface area contributed by atoms with Crippen molar-refractivity contribution in [1.82, 2.24) is 10.3 Å². The van der Waals surface area contributed by atoms with E-state index in [4.69, 9.17) is 12.2 Å². The number of nitro groups is 1. The van der Waals surface area contributed by atoms with E-state index in [0.29, 0.717) is 27.9 Å². The van der Waals surface area contributed by atoms with Crippen LogP contribution in [0.5, 0.6) is 0 Å². The second-order valence-electron chi connectivity index (χ2n) is 6.82. The summed E-state index contributed by atoms with van der Waals surface area (Å²) in [5.41, 5.74) is 7.80. The van der Waals surface area contributed by atoms with Gasteiger partial charge in [0.2, 0.25) is 5.91 Å². The van der Waals surface area contributed by atoms with Gasteiger partial charge < -0.3 is 0 Å². The van der Waals surface area contributed by atoms with Crippen LogP contribution in [-0.4, -0.2) is 32.5 Å². The van der Waals surface area contributed by atoms with Crippen molar-refractivity contribution in [2.45, 2.75) is 19.8 Å². The molecule has 10 heteroatoms. The first-order valence-corrected chi connectivity index (χ1v) is 10.7. The average molecular weight is 457 g/mol. The molecule has 1 saturated heterocycles. The number of amides is 2. The first kappa shape index (κ1) is 22.4. The second-order valence-corrected chi connectivity index (χ2v) is 8.50. The lowest BCUT2D eigenvalue weighted by molar-refractivity contribution is -0.384. The van der Waals surface area contributed by atoms with Gasteiger partial charge in [0.25, 0.3) is 11.6 Å². The maximum absolute atomic E-state index is 12.6. The van der Waals surface area contributed by atoms with Crippen LogP contribution in [0.1, 0.15) is 24.0 Å². The Bertz CT molecular complexity index is 1040. The zero-order valence-corrected chi connectivity index (χ0v) is 18.3. The summed E-state index contributed by atoms with van der Waals surface area (Å²) in [7, 11) is 0. The van der Waals surface area contributed by atoms with Gasteiger partial charge >= 0.3 is 0 Å². The predicted octanol–water partition coefficient (Wildman–Crippen LogP) is 4.03. The number of thiocarbonyl (C=S) groups is 1. The standard InChI is InChI=1S/C21H20N4O4S2/c1-14-4-6-15(7-5-14)13-18-20(27)24(21(30)31-18)12-2-3-19(26)23-22-16-8-10-17(11-9-16)25(28)29/h4-11,13,22H,2-3,12H2,1H3,(H,23,26). The molecule has 2 amide bonds. The number of carbonyl (C=O) groups is 2. The Morgan fingerprint density at radius 2 is 1.87 bits per heavy atom. The molecule has 160 valence electrons. The van der Waals surface area contributed by atoms with Crippen LogP contribution in [0.3, 0.4) is 0 Å². The third kappa shape index (κ3) is 6.12. The fourth-order valence-corrected chi connectivity index (χ4v) is 4.08. The van der Waals surface area contributed by atoms with E-state index in [-0.39, 0.29) is 23.9 Å². The number of hydrazine groups is 1. The van der Waals surface area contributed by atoms with Gasteiger partial charge in [-0.15, -0.1) is 0 Å². The van der Waals surface area contributed by atoms with E-state index in [0.717, 1.165) is 11.1 Å². The molecule has 1 aliphatic heterocycles. The molecule has 0 saturated carbocycles. The topological polar surface area (TPSA) is 105 Å². The Hall–Kier alpha value is -3.24. The summed E-state index contributed by atoms with van der Waals surface area (Å²) in [6, 6.07) is 13.5. The molecule has 31 heavy (non-hydrogen) atoms. The lowest BCUT2D eigenvalue weighted by Gasteiger charge is -2.14. The molecule has 0 unspecified atom stereocenters. The van der Waals surface area contributed by atoms with Crippen LogP contribution >= 0.6 is 24.0 Å². The van der Waals surface area contributed by atoms with Crippen LogP contribution in [0.25, 0.3) is 6.08 Å². The zero-order chi connectivity index (χ0) is 22.4. The monoisotopic (exact) mass is 456 g/mol. The van der Waals surface area contributed by atoms with Crippen LogP contribution in [0, 0.1) is 17.0 Å². The summed E-state index contributed by atoms with van der Waals surface area (Å²) >= 11 is 6.58. The van der Waals surface area contributed by atoms with Crippen molar-refractivity contribution >= 4 is 57.6 Å². The minimum atomic E-state index is -0.494. The Labute approximate surface area is 188 Å². The van der Waals surface area contributed by atoms with Crippen molar-refractivity contribution in [3.8, 4) is 0 Å². The van der Waals surface area contributed by atoms with E-state index >= 15 is 0 Å². The highest BCUT2D eigenvalue weighted by Crippen LogP contribution is 2.32. The normalized spacial score (nSPS) is 14.7. The van der Waals surface area contributed by atoms with E-state index in [1.54, 1.807) is 0 Å². The van der Waals surface area contributed by atoms with Gasteiger partial charge in [-0.3, -0.25) is 35.5 Å². The molecule has 0 radical (unpaired) electrons. The number of nitro benzene ring substituents is 1. The number of thioether (sulfide) groups is 1. The smallest absolute Gasteiger partial charge is 0.269 e. The molecule has 3 rings (SSSR count). The Morgan fingerprint density at radius 1 is 1.19 bits per heavy atom. The van der Waals surface area contributed by atoms with Crippen LogP contribution in [0.2, 0.25) is 0 Å². The summed E-state index contributed by atoms with van der Waals surface area (Å²) < 4.78 is 0.479. The summed E-state index contributed by atoms with van der Waals surface area (Å²) in [5, 5.41) is 10.6. The highest BCUT2D eigenvalue weighted by Gasteiger charge is 2.31. The molecular weight excluding hydrogens is 436 g/mol. The van der Waals surface area contributed by atoms with E-state index in [1.807, 2.05) is 37.3 Å². The van der Waals surface area contributed by atoms with Gasteiger partial charge in [-0.1, -0.05) is 53.8 Å². The minimum Gasteiger partial charge on any atom is -0.299 e. The molecule has 2 N–H and O–H groups in total. The highest BCUT2D eigenvalue weighted by molar-refractivity contribution is 8.26. The van der Waals surface area contributed by atoms with Gasteiger partial charge in [0, 0.05) is 25.1 Å². The van der Waals surface area contributed by atoms with Crippen LogP contribution in [-0.2, 0) is 9.59 Å². The molecule has 0 atom stereocenters. The number of aryl methyl sites for hydroxylation is 1. The van der Waals surface area contributed by atoms with Crippen LogP contribution < -0.4 is 10.9 Å². The molecule has 0 aliphatic carbocycles. The van der Waals surface area contributed by atoms with Gasteiger partial charge in [0.15, 0.2) is 0 Å². The van der Waals surface area contributed by atoms with Crippen LogP contribution in [0.4, 0.5) is 11.4 Å². The summed E-state index contributed by atoms with van der Waals surface area (Å²) in [4.78, 5) is 36.9. The Balaban J connectivity index is 1.45. The number of hydrogen-bond acceptors (Lipinski definition) is 7. The third-order valence-corrected chi connectivity index (χ3v) is 5.84. The first-order chi connectivity index (χ1) is 14.8. The SMILES string of the molecule is Cc1ccc(C=C2SC(=S)N(CCCC(=O)NNc3ccc([N+](=O)[O-])cc3)C2=O)cc1. The number of anilines is 1. The quantitative estimate of drug-likeness (QED) is 0.267. The van der Waals surface area contributed by atoms with Gasteiger partial charge in [-0.25, -0.2) is 0 Å². The molecule has 1 heterocycles. The van der Waals surface area contributed by atoms with E-state index in [2.05, 4.69) is 10.9 Å². The van der Waals surface area contributed by atoms with Gasteiger partial charge in [0.05, 0.1) is 15.5 Å². The van der Waals surface area contributed by atoms with E-state index < -0.39 is 4.92 Å². The maximum Gasteiger partial charge on any atom is 0.269 e. The van der Waals surface area contributed by atoms with Gasteiger partial charge in [-0.2, -0.15) is 0 Å². The van der Waals surface area contributed by atoms with Crippen molar-refractivity contribution in [3.63, 3.8) is 0 Å². The molecule has 0 aromatic heterocycles. The molecule has 0 bridgehead atoms. The van der Waals surface area contributed by atoms with Crippen molar-refractivity contribution < 1.29 is 14.5 Å². The number of rotatable bonds is 8. The number of benzene rings is 2. The molecular formula is C21H20N4O4S2. The summed E-state index contributed by atoms with van der Waals surface area (Å²) in [6.07, 6.45) is 2.45. The Kier molecular flexibility index (Phi) is 7.37. The van der Waals surface area contributed by atoms with Gasteiger partial charge in [-0.05, 0) is 37.1 Å². The summed E-state index contributed by atoms with van der Waals surface area (Å²) in [6.45, 7) is 2.35. The third-order valence-electron chi connectivity index (χ3n) is 4.46. The van der Waals surface area contributed by atoms with Crippen molar-refractivity contribution in [2.24, 2.45) is 0 Å². The number of hydrogen-bond donors (Lipinski definition) is 2. The predicted molar refractivity (Wildman–Crippen MR) is 125 cm³/mol. The average Bonchev–Trinajstić information content (AvgIpc) is 3.01. The van der Waals surface area contributed by atoms with Crippen LogP contribution in [0.15, 0.2) is 53.4 Å². The molecule has 8 nitrogen and oxygen atoms in total. The first-order valence-electron chi connectivity index (χ1n) is 9.45. The molecule has 1 aliphatic rings.